The van der Waals surface area contributed by atoms with Crippen LogP contribution in [-0.2, 0) is 16.7 Å². The first kappa shape index (κ1) is 22.0. The van der Waals surface area contributed by atoms with Crippen molar-refractivity contribution in [1.29, 1.82) is 0 Å². The maximum absolute atomic E-state index is 12.9. The first-order chi connectivity index (χ1) is 15.3. The highest BCUT2D eigenvalue weighted by Crippen LogP contribution is 2.23. The Bertz CT molecular complexity index is 1170. The summed E-state index contributed by atoms with van der Waals surface area (Å²) in [5, 5.41) is 7.81. The molecule has 1 aliphatic rings. The van der Waals surface area contributed by atoms with Crippen molar-refractivity contribution in [2.75, 3.05) is 44.8 Å². The molecule has 0 radical (unpaired) electrons. The molecule has 0 atom stereocenters. The van der Waals surface area contributed by atoms with Crippen molar-refractivity contribution in [2.45, 2.75) is 32.7 Å². The summed E-state index contributed by atoms with van der Waals surface area (Å²) in [7, 11) is 1.61. The average Bonchev–Trinajstić information content (AvgIpc) is 3.29. The minimum Gasteiger partial charge on any atom is -0.383 e. The molecule has 0 bridgehead atoms. The van der Waals surface area contributed by atoms with Crippen LogP contribution in [0.2, 0.25) is 0 Å². The van der Waals surface area contributed by atoms with Crippen LogP contribution in [0.1, 0.15) is 37.0 Å². The van der Waals surface area contributed by atoms with E-state index in [1.165, 1.54) is 0 Å². The molecule has 0 saturated carbocycles. The number of H-pyrrole nitrogens is 1. The number of aromatic nitrogens is 4. The van der Waals surface area contributed by atoms with Gasteiger partial charge in [0.25, 0.3) is 11.5 Å². The largest absolute Gasteiger partial charge is 0.383 e. The number of hydrogen-bond acceptors (Lipinski definition) is 6. The molecule has 0 aliphatic carbocycles. The zero-order valence-electron chi connectivity index (χ0n) is 19.1. The predicted octanol–water partition coefficient (Wildman–Crippen LogP) is 2.03. The molecule has 3 aromatic rings. The molecule has 0 spiro atoms. The summed E-state index contributed by atoms with van der Waals surface area (Å²) in [6, 6.07) is 7.58. The van der Waals surface area contributed by atoms with Crippen molar-refractivity contribution in [3.8, 4) is 0 Å². The molecule has 1 aliphatic heterocycles. The number of benzene rings is 1. The van der Waals surface area contributed by atoms with Crippen LogP contribution in [0.5, 0.6) is 0 Å². The maximum atomic E-state index is 12.9. The number of aromatic amines is 1. The molecular formula is C23H30N6O3. The molecule has 32 heavy (non-hydrogen) atoms. The summed E-state index contributed by atoms with van der Waals surface area (Å²) in [4.78, 5) is 34.0. The van der Waals surface area contributed by atoms with Gasteiger partial charge in [-0.05, 0) is 24.3 Å². The fourth-order valence-electron chi connectivity index (χ4n) is 3.84. The summed E-state index contributed by atoms with van der Waals surface area (Å²) >= 11 is 0. The lowest BCUT2D eigenvalue weighted by molar-refractivity contribution is 0.0741. The number of nitrogens with one attached hydrogen (secondary N) is 1. The fourth-order valence-corrected chi connectivity index (χ4v) is 3.84. The van der Waals surface area contributed by atoms with Crippen LogP contribution < -0.4 is 10.5 Å². The van der Waals surface area contributed by atoms with E-state index in [0.717, 1.165) is 11.4 Å². The van der Waals surface area contributed by atoms with Gasteiger partial charge in [-0.2, -0.15) is 5.10 Å². The summed E-state index contributed by atoms with van der Waals surface area (Å²) in [5.74, 6) is -0.0480. The van der Waals surface area contributed by atoms with E-state index in [9.17, 15) is 9.59 Å². The van der Waals surface area contributed by atoms with Crippen LogP contribution in [0.4, 0.5) is 5.69 Å². The summed E-state index contributed by atoms with van der Waals surface area (Å²) < 4.78 is 6.62. The molecule has 1 aromatic carbocycles. The van der Waals surface area contributed by atoms with Gasteiger partial charge in [-0.1, -0.05) is 20.8 Å². The lowest BCUT2D eigenvalue weighted by atomic mass is 9.92. The highest BCUT2D eigenvalue weighted by molar-refractivity contribution is 5.92. The lowest BCUT2D eigenvalue weighted by Gasteiger charge is -2.35. The maximum Gasteiger partial charge on any atom is 0.274 e. The number of methoxy groups -OCH3 is 1. The number of hydrogen-bond donors (Lipinski definition) is 1. The van der Waals surface area contributed by atoms with E-state index < -0.39 is 0 Å². The van der Waals surface area contributed by atoms with E-state index in [1.807, 2.05) is 29.2 Å². The molecular weight excluding hydrogens is 408 g/mol. The number of nitrogens with zero attached hydrogens (tertiary/aromatic N) is 5. The van der Waals surface area contributed by atoms with Crippen LogP contribution in [0.3, 0.4) is 0 Å². The van der Waals surface area contributed by atoms with Gasteiger partial charge in [-0.25, -0.2) is 4.98 Å². The van der Waals surface area contributed by atoms with Crippen molar-refractivity contribution >= 4 is 22.5 Å². The molecule has 1 amide bonds. The predicted molar refractivity (Wildman–Crippen MR) is 123 cm³/mol. The third-order valence-corrected chi connectivity index (χ3v) is 5.88. The molecule has 1 fully saturated rings. The number of amides is 1. The van der Waals surface area contributed by atoms with Crippen molar-refractivity contribution in [3.05, 3.63) is 52.3 Å². The molecule has 1 N–H and O–H groups in total. The zero-order chi connectivity index (χ0) is 22.9. The first-order valence-corrected chi connectivity index (χ1v) is 10.9. The second-order valence-corrected chi connectivity index (χ2v) is 9.13. The van der Waals surface area contributed by atoms with E-state index in [1.54, 1.807) is 18.0 Å². The van der Waals surface area contributed by atoms with E-state index in [2.05, 4.69) is 40.9 Å². The van der Waals surface area contributed by atoms with Gasteiger partial charge in [-0.15, -0.1) is 0 Å². The van der Waals surface area contributed by atoms with E-state index in [0.29, 0.717) is 55.9 Å². The van der Waals surface area contributed by atoms with E-state index >= 15 is 0 Å². The van der Waals surface area contributed by atoms with Crippen molar-refractivity contribution in [1.82, 2.24) is 24.6 Å². The smallest absolute Gasteiger partial charge is 0.274 e. The van der Waals surface area contributed by atoms with Crippen LogP contribution in [0, 0.1) is 0 Å². The van der Waals surface area contributed by atoms with Gasteiger partial charge < -0.3 is 14.5 Å². The number of ether oxygens (including phenoxy) is 1. The van der Waals surface area contributed by atoms with Gasteiger partial charge in [0.2, 0.25) is 0 Å². The Morgan fingerprint density at radius 2 is 1.91 bits per heavy atom. The van der Waals surface area contributed by atoms with Gasteiger partial charge in [0.05, 0.1) is 30.4 Å². The topological polar surface area (TPSA) is 96.3 Å². The Morgan fingerprint density at radius 3 is 2.56 bits per heavy atom. The van der Waals surface area contributed by atoms with Gasteiger partial charge in [0.15, 0.2) is 0 Å². The lowest BCUT2D eigenvalue weighted by Crippen LogP contribution is -2.48. The number of carbonyl (C=O) groups is 1. The molecule has 9 heteroatoms. The summed E-state index contributed by atoms with van der Waals surface area (Å²) in [6.45, 7) is 9.83. The minimum atomic E-state index is -0.0820. The third-order valence-electron chi connectivity index (χ3n) is 5.88. The number of rotatable bonds is 5. The molecule has 170 valence electrons. The van der Waals surface area contributed by atoms with E-state index in [4.69, 9.17) is 4.74 Å². The molecule has 2 aromatic heterocycles. The van der Waals surface area contributed by atoms with Gasteiger partial charge in [0, 0.05) is 50.1 Å². The molecule has 1 saturated heterocycles. The third kappa shape index (κ3) is 4.38. The van der Waals surface area contributed by atoms with E-state index in [-0.39, 0.29) is 16.9 Å². The normalized spacial score (nSPS) is 14.9. The van der Waals surface area contributed by atoms with Crippen molar-refractivity contribution in [2.24, 2.45) is 0 Å². The average molecular weight is 439 g/mol. The Balaban J connectivity index is 1.44. The van der Waals surface area contributed by atoms with Crippen molar-refractivity contribution < 1.29 is 9.53 Å². The summed E-state index contributed by atoms with van der Waals surface area (Å²) in [6.07, 6.45) is 1.57. The number of carbonyl (C=O) groups excluding carboxylic acids is 1. The minimum absolute atomic E-state index is 0.0480. The number of piperazine rings is 1. The summed E-state index contributed by atoms with van der Waals surface area (Å²) in [5.41, 5.74) is 2.93. The standard InChI is InChI=1S/C23H30N6O3/c1-23(2,3)20-14-19(25-26-20)22(31)28-9-7-27(8-10-28)16-5-6-17-18(13-16)24-15-29(21(17)30)11-12-32-4/h5-6,13-15H,7-12H2,1-4H3,(H,25,26). The Morgan fingerprint density at radius 1 is 1.16 bits per heavy atom. The fraction of sp³-hybridized carbons (Fsp3) is 0.478. The SMILES string of the molecule is COCCn1cnc2cc(N3CCN(C(=O)c4cc(C(C)(C)C)[nH]n4)CC3)ccc2c1=O. The molecule has 3 heterocycles. The highest BCUT2D eigenvalue weighted by Gasteiger charge is 2.26. The van der Waals surface area contributed by atoms with Crippen molar-refractivity contribution in [3.63, 3.8) is 0 Å². The highest BCUT2D eigenvalue weighted by atomic mass is 16.5. The Labute approximate surface area is 187 Å². The Hall–Kier alpha value is -3.20. The second kappa shape index (κ2) is 8.74. The number of anilines is 1. The van der Waals surface area contributed by atoms with Crippen LogP contribution >= 0.6 is 0 Å². The first-order valence-electron chi connectivity index (χ1n) is 10.9. The zero-order valence-corrected chi connectivity index (χ0v) is 19.1. The van der Waals surface area contributed by atoms with Crippen LogP contribution in [0.15, 0.2) is 35.4 Å². The molecule has 0 unspecified atom stereocenters. The van der Waals surface area contributed by atoms with Crippen LogP contribution in [-0.4, -0.2) is 70.5 Å². The van der Waals surface area contributed by atoms with Gasteiger partial charge in [0.1, 0.15) is 5.69 Å². The van der Waals surface area contributed by atoms with Gasteiger partial charge in [-0.3, -0.25) is 19.3 Å². The quantitative estimate of drug-likeness (QED) is 0.655. The number of fused-ring (bicyclic) bond motifs is 1. The Kier molecular flexibility index (Phi) is 6.01. The second-order valence-electron chi connectivity index (χ2n) is 9.13. The van der Waals surface area contributed by atoms with Crippen LogP contribution in [0.25, 0.3) is 10.9 Å². The van der Waals surface area contributed by atoms with Gasteiger partial charge >= 0.3 is 0 Å². The molecule has 4 rings (SSSR count). The molecule has 9 nitrogen and oxygen atoms in total. The monoisotopic (exact) mass is 438 g/mol.